The van der Waals surface area contributed by atoms with E-state index in [1.54, 1.807) is 6.20 Å². The van der Waals surface area contributed by atoms with Crippen LogP contribution in [0, 0.1) is 6.92 Å². The van der Waals surface area contributed by atoms with Crippen molar-refractivity contribution < 1.29 is 0 Å². The smallest absolute Gasteiger partial charge is 0.103 e. The quantitative estimate of drug-likeness (QED) is 0.821. The van der Waals surface area contributed by atoms with Gasteiger partial charge in [0.1, 0.15) is 4.99 Å². The molecule has 0 amide bonds. The summed E-state index contributed by atoms with van der Waals surface area (Å²) >= 11 is 4.97. The van der Waals surface area contributed by atoms with Crippen LogP contribution >= 0.6 is 12.2 Å². The van der Waals surface area contributed by atoms with Crippen LogP contribution in [0.3, 0.4) is 0 Å². The molecule has 98 valence electrons. The Kier molecular flexibility index (Phi) is 4.47. The highest BCUT2D eigenvalue weighted by Gasteiger charge is 2.01. The molecule has 0 unspecified atom stereocenters. The number of nitrogens with zero attached hydrogens (tertiary/aromatic N) is 1. The maximum absolute atomic E-state index is 5.61. The first kappa shape index (κ1) is 13.5. The van der Waals surface area contributed by atoms with E-state index in [2.05, 4.69) is 16.4 Å². The highest BCUT2D eigenvalue weighted by atomic mass is 32.1. The fourth-order valence-electron chi connectivity index (χ4n) is 1.90. The molecule has 0 aliphatic heterocycles. The van der Waals surface area contributed by atoms with Crippen molar-refractivity contribution in [2.45, 2.75) is 13.3 Å². The van der Waals surface area contributed by atoms with Crippen molar-refractivity contribution in [2.24, 2.45) is 5.73 Å². The Morgan fingerprint density at radius 1 is 1.37 bits per heavy atom. The van der Waals surface area contributed by atoms with Gasteiger partial charge >= 0.3 is 0 Å². The molecule has 2 rings (SSSR count). The maximum Gasteiger partial charge on any atom is 0.103 e. The minimum absolute atomic E-state index is 0.435. The van der Waals surface area contributed by atoms with Gasteiger partial charge in [-0.25, -0.2) is 0 Å². The Bertz CT molecular complexity index is 567. The zero-order valence-electron chi connectivity index (χ0n) is 10.9. The minimum atomic E-state index is 0.435. The van der Waals surface area contributed by atoms with Crippen molar-refractivity contribution >= 4 is 22.9 Å². The number of thiocarbonyl (C=S) groups is 1. The van der Waals surface area contributed by atoms with E-state index >= 15 is 0 Å². The predicted octanol–water partition coefficient (Wildman–Crippen LogP) is 2.68. The summed E-state index contributed by atoms with van der Waals surface area (Å²) in [6.45, 7) is 2.92. The number of nitrogens with two attached hydrogens (primary N) is 1. The summed E-state index contributed by atoms with van der Waals surface area (Å²) in [6.07, 6.45) is 4.63. The molecule has 3 nitrogen and oxygen atoms in total. The van der Waals surface area contributed by atoms with Crippen LogP contribution in [-0.2, 0) is 6.42 Å². The van der Waals surface area contributed by atoms with Crippen LogP contribution in [0.4, 0.5) is 5.69 Å². The molecule has 0 atom stereocenters. The molecule has 0 aliphatic carbocycles. The second kappa shape index (κ2) is 6.29. The normalized spacial score (nSPS) is 10.2. The van der Waals surface area contributed by atoms with Crippen LogP contribution in [-0.4, -0.2) is 16.5 Å². The molecule has 1 heterocycles. The van der Waals surface area contributed by atoms with E-state index in [4.69, 9.17) is 18.0 Å². The third-order valence-corrected chi connectivity index (χ3v) is 3.20. The molecule has 0 fully saturated rings. The van der Waals surface area contributed by atoms with E-state index in [0.29, 0.717) is 4.99 Å². The van der Waals surface area contributed by atoms with Gasteiger partial charge in [0.15, 0.2) is 0 Å². The van der Waals surface area contributed by atoms with Crippen LogP contribution in [0.2, 0.25) is 0 Å². The zero-order valence-corrected chi connectivity index (χ0v) is 11.7. The molecule has 0 radical (unpaired) electrons. The number of rotatable bonds is 5. The minimum Gasteiger partial charge on any atom is -0.389 e. The molecule has 0 bridgehead atoms. The van der Waals surface area contributed by atoms with Gasteiger partial charge in [-0.1, -0.05) is 18.3 Å². The third kappa shape index (κ3) is 3.76. The van der Waals surface area contributed by atoms with E-state index in [-0.39, 0.29) is 0 Å². The number of anilines is 1. The second-order valence-electron chi connectivity index (χ2n) is 4.43. The predicted molar refractivity (Wildman–Crippen MR) is 83.5 cm³/mol. The summed E-state index contributed by atoms with van der Waals surface area (Å²) in [4.78, 5) is 4.54. The van der Waals surface area contributed by atoms with Crippen molar-refractivity contribution in [2.75, 3.05) is 11.9 Å². The number of nitrogens with one attached hydrogen (secondary N) is 1. The summed E-state index contributed by atoms with van der Waals surface area (Å²) < 4.78 is 0. The molecule has 1 aromatic carbocycles. The van der Waals surface area contributed by atoms with Gasteiger partial charge in [-0.2, -0.15) is 0 Å². The highest BCUT2D eigenvalue weighted by Crippen LogP contribution is 2.16. The first-order valence-corrected chi connectivity index (χ1v) is 6.61. The summed E-state index contributed by atoms with van der Waals surface area (Å²) in [7, 11) is 0. The van der Waals surface area contributed by atoms with Crippen molar-refractivity contribution in [1.29, 1.82) is 0 Å². The van der Waals surface area contributed by atoms with Crippen LogP contribution in [0.5, 0.6) is 0 Å². The Morgan fingerprint density at radius 3 is 2.84 bits per heavy atom. The van der Waals surface area contributed by atoms with E-state index in [9.17, 15) is 0 Å². The molecule has 2 aromatic rings. The third-order valence-electron chi connectivity index (χ3n) is 2.96. The maximum atomic E-state index is 5.61. The van der Waals surface area contributed by atoms with Gasteiger partial charge in [-0.3, -0.25) is 4.98 Å². The van der Waals surface area contributed by atoms with E-state index < -0.39 is 0 Å². The number of hydrogen-bond donors (Lipinski definition) is 2. The molecule has 0 aliphatic rings. The lowest BCUT2D eigenvalue weighted by molar-refractivity contribution is 1.00. The van der Waals surface area contributed by atoms with Crippen molar-refractivity contribution in [3.05, 3.63) is 59.4 Å². The molecular weight excluding hydrogens is 254 g/mol. The van der Waals surface area contributed by atoms with Gasteiger partial charge in [0, 0.05) is 30.2 Å². The molecular formula is C15H17N3S. The largest absolute Gasteiger partial charge is 0.389 e. The monoisotopic (exact) mass is 271 g/mol. The lowest BCUT2D eigenvalue weighted by Crippen LogP contribution is -2.11. The summed E-state index contributed by atoms with van der Waals surface area (Å²) in [5.41, 5.74) is 10.0. The zero-order chi connectivity index (χ0) is 13.7. The number of aryl methyl sites for hydroxylation is 1. The first-order valence-electron chi connectivity index (χ1n) is 6.20. The SMILES string of the molecule is Cc1cc(C(N)=S)ccc1NCCc1cccnc1. The lowest BCUT2D eigenvalue weighted by atomic mass is 10.1. The van der Waals surface area contributed by atoms with Crippen LogP contribution in [0.25, 0.3) is 0 Å². The topological polar surface area (TPSA) is 50.9 Å². The number of pyridine rings is 1. The number of aromatic nitrogens is 1. The average Bonchev–Trinajstić information content (AvgIpc) is 2.41. The highest BCUT2D eigenvalue weighted by molar-refractivity contribution is 7.80. The molecule has 0 saturated heterocycles. The molecule has 0 saturated carbocycles. The van der Waals surface area contributed by atoms with Crippen molar-refractivity contribution in [3.8, 4) is 0 Å². The van der Waals surface area contributed by atoms with Gasteiger partial charge in [-0.15, -0.1) is 0 Å². The second-order valence-corrected chi connectivity index (χ2v) is 4.87. The molecule has 3 N–H and O–H groups in total. The Hall–Kier alpha value is -1.94. The number of benzene rings is 1. The van der Waals surface area contributed by atoms with Crippen LogP contribution in [0.1, 0.15) is 16.7 Å². The van der Waals surface area contributed by atoms with Gasteiger partial charge < -0.3 is 11.1 Å². The molecule has 0 spiro atoms. The van der Waals surface area contributed by atoms with Crippen molar-refractivity contribution in [3.63, 3.8) is 0 Å². The molecule has 1 aromatic heterocycles. The van der Waals surface area contributed by atoms with Crippen LogP contribution < -0.4 is 11.1 Å². The fraction of sp³-hybridized carbons (Fsp3) is 0.200. The van der Waals surface area contributed by atoms with Crippen LogP contribution in [0.15, 0.2) is 42.7 Å². The Morgan fingerprint density at radius 2 is 2.21 bits per heavy atom. The average molecular weight is 271 g/mol. The molecule has 19 heavy (non-hydrogen) atoms. The summed E-state index contributed by atoms with van der Waals surface area (Å²) in [6, 6.07) is 10.0. The first-order chi connectivity index (χ1) is 9.16. The Labute approximate surface area is 118 Å². The number of hydrogen-bond acceptors (Lipinski definition) is 3. The van der Waals surface area contributed by atoms with Gasteiger partial charge in [0.25, 0.3) is 0 Å². The molecule has 4 heteroatoms. The van der Waals surface area contributed by atoms with Crippen molar-refractivity contribution in [1.82, 2.24) is 4.98 Å². The van der Waals surface area contributed by atoms with Gasteiger partial charge in [0.2, 0.25) is 0 Å². The summed E-state index contributed by atoms with van der Waals surface area (Å²) in [5.74, 6) is 0. The standard InChI is InChI=1S/C15H17N3S/c1-11-9-13(15(16)19)4-5-14(11)18-8-6-12-3-2-7-17-10-12/h2-5,7,9-10,18H,6,8H2,1H3,(H2,16,19). The van der Waals surface area contributed by atoms with E-state index in [1.807, 2.05) is 37.4 Å². The van der Waals surface area contributed by atoms with E-state index in [1.165, 1.54) is 5.56 Å². The van der Waals surface area contributed by atoms with Gasteiger partial charge in [0.05, 0.1) is 0 Å². The Balaban J connectivity index is 1.95. The fourth-order valence-corrected chi connectivity index (χ4v) is 2.03. The van der Waals surface area contributed by atoms with Gasteiger partial charge in [-0.05, 0) is 48.7 Å². The summed E-state index contributed by atoms with van der Waals surface area (Å²) in [5, 5.41) is 3.42. The lowest BCUT2D eigenvalue weighted by Gasteiger charge is -2.10. The van der Waals surface area contributed by atoms with E-state index in [0.717, 1.165) is 29.8 Å².